The normalized spacial score (nSPS) is 16.0. The topological polar surface area (TPSA) is 72.6 Å². The first-order valence-corrected chi connectivity index (χ1v) is 10.2. The number of fused-ring (bicyclic) bond motifs is 1. The molecule has 1 fully saturated rings. The van der Waals surface area contributed by atoms with Crippen LogP contribution in [0.2, 0.25) is 0 Å². The van der Waals surface area contributed by atoms with E-state index in [2.05, 4.69) is 34.5 Å². The zero-order chi connectivity index (χ0) is 19.4. The van der Waals surface area contributed by atoms with Crippen LogP contribution in [-0.2, 0) is 0 Å². The van der Waals surface area contributed by atoms with Gasteiger partial charge in [0.25, 0.3) is 0 Å². The van der Waals surface area contributed by atoms with E-state index in [0.717, 1.165) is 36.3 Å². The van der Waals surface area contributed by atoms with Gasteiger partial charge < -0.3 is 14.4 Å². The second-order valence-electron chi connectivity index (χ2n) is 7.74. The fraction of sp³-hybridized carbons (Fsp3) is 0.550. The van der Waals surface area contributed by atoms with Crippen LogP contribution in [0.1, 0.15) is 26.7 Å². The smallest absolute Gasteiger partial charge is 0.162 e. The lowest BCUT2D eigenvalue weighted by molar-refractivity contribution is 0.180. The highest BCUT2D eigenvalue weighted by Gasteiger charge is 2.32. The van der Waals surface area contributed by atoms with E-state index in [0.29, 0.717) is 11.7 Å². The molecule has 1 aliphatic heterocycles. The Morgan fingerprint density at radius 3 is 2.52 bits per heavy atom. The SMILES string of the molecule is COc1cc2nccc(N3CCC(C(C)(C)CNSN)CC3)c2cc1OC. The van der Waals surface area contributed by atoms with Crippen LogP contribution in [-0.4, -0.2) is 38.8 Å². The summed E-state index contributed by atoms with van der Waals surface area (Å²) in [7, 11) is 3.32. The van der Waals surface area contributed by atoms with Gasteiger partial charge in [0.05, 0.1) is 19.7 Å². The van der Waals surface area contributed by atoms with Gasteiger partial charge in [0, 0.05) is 55.1 Å². The highest BCUT2D eigenvalue weighted by molar-refractivity contribution is 7.95. The summed E-state index contributed by atoms with van der Waals surface area (Å²) >= 11 is 1.21. The highest BCUT2D eigenvalue weighted by atomic mass is 32.2. The molecule has 0 amide bonds. The number of hydrogen-bond donors (Lipinski definition) is 2. The molecule has 1 aromatic carbocycles. The quantitative estimate of drug-likeness (QED) is 0.700. The fourth-order valence-electron chi connectivity index (χ4n) is 4.01. The molecule has 0 aliphatic carbocycles. The molecule has 0 radical (unpaired) electrons. The number of benzene rings is 1. The van der Waals surface area contributed by atoms with Gasteiger partial charge in [-0.15, -0.1) is 0 Å². The molecule has 3 rings (SSSR count). The summed E-state index contributed by atoms with van der Waals surface area (Å²) in [4.78, 5) is 6.99. The maximum Gasteiger partial charge on any atom is 0.162 e. The van der Waals surface area contributed by atoms with Crippen molar-refractivity contribution in [1.82, 2.24) is 9.71 Å². The van der Waals surface area contributed by atoms with Crippen molar-refractivity contribution < 1.29 is 9.47 Å². The van der Waals surface area contributed by atoms with E-state index in [4.69, 9.17) is 14.6 Å². The Kier molecular flexibility index (Phi) is 6.34. The van der Waals surface area contributed by atoms with E-state index < -0.39 is 0 Å². The van der Waals surface area contributed by atoms with Crippen molar-refractivity contribution in [3.63, 3.8) is 0 Å². The molecule has 148 valence electrons. The van der Waals surface area contributed by atoms with Gasteiger partial charge in [-0.25, -0.2) is 0 Å². The third-order valence-electron chi connectivity index (χ3n) is 5.78. The summed E-state index contributed by atoms with van der Waals surface area (Å²) in [6.45, 7) is 7.66. The minimum Gasteiger partial charge on any atom is -0.493 e. The number of piperidine rings is 1. The Morgan fingerprint density at radius 2 is 1.89 bits per heavy atom. The monoisotopic (exact) mass is 390 g/mol. The average molecular weight is 391 g/mol. The van der Waals surface area contributed by atoms with Gasteiger partial charge in [0.1, 0.15) is 0 Å². The second kappa shape index (κ2) is 8.54. The van der Waals surface area contributed by atoms with Crippen LogP contribution in [0.25, 0.3) is 10.9 Å². The van der Waals surface area contributed by atoms with Crippen LogP contribution in [0.3, 0.4) is 0 Å². The number of aromatic nitrogens is 1. The van der Waals surface area contributed by atoms with Gasteiger partial charge in [0.15, 0.2) is 11.5 Å². The fourth-order valence-corrected chi connectivity index (χ4v) is 4.46. The van der Waals surface area contributed by atoms with E-state index in [-0.39, 0.29) is 5.41 Å². The third-order valence-corrected chi connectivity index (χ3v) is 6.09. The average Bonchev–Trinajstić information content (AvgIpc) is 2.70. The summed E-state index contributed by atoms with van der Waals surface area (Å²) in [5.41, 5.74) is 2.37. The number of nitrogens with zero attached hydrogens (tertiary/aromatic N) is 2. The van der Waals surface area contributed by atoms with Crippen molar-refractivity contribution >= 4 is 28.7 Å². The standard InChI is InChI=1S/C20H30N4O2S/c1-20(2,13-23-27-21)14-6-9-24(10-7-14)17-5-8-22-16-12-19(26-4)18(25-3)11-15(16)17/h5,8,11-12,14,23H,6-7,9-10,13,21H2,1-4H3. The molecule has 2 heterocycles. The van der Waals surface area contributed by atoms with E-state index in [1.54, 1.807) is 14.2 Å². The van der Waals surface area contributed by atoms with Crippen molar-refractivity contribution in [3.8, 4) is 11.5 Å². The first-order chi connectivity index (χ1) is 13.0. The molecule has 3 N–H and O–H groups in total. The number of methoxy groups -OCH3 is 2. The largest absolute Gasteiger partial charge is 0.493 e. The Labute approximate surface area is 166 Å². The minimum absolute atomic E-state index is 0.232. The number of nitrogens with one attached hydrogen (secondary N) is 1. The summed E-state index contributed by atoms with van der Waals surface area (Å²) in [6.07, 6.45) is 4.21. The summed E-state index contributed by atoms with van der Waals surface area (Å²) in [6, 6.07) is 6.09. The lowest BCUT2D eigenvalue weighted by Crippen LogP contribution is -2.42. The Bertz CT molecular complexity index is 776. The molecule has 6 nitrogen and oxygen atoms in total. The van der Waals surface area contributed by atoms with Crippen LogP contribution in [0.5, 0.6) is 11.5 Å². The van der Waals surface area contributed by atoms with Crippen LogP contribution in [0.4, 0.5) is 5.69 Å². The van der Waals surface area contributed by atoms with E-state index >= 15 is 0 Å². The lowest BCUT2D eigenvalue weighted by atomic mass is 9.73. The molecule has 0 bridgehead atoms. The van der Waals surface area contributed by atoms with Crippen molar-refractivity contribution in [2.45, 2.75) is 26.7 Å². The molecule has 7 heteroatoms. The molecular formula is C20H30N4O2S. The van der Waals surface area contributed by atoms with Gasteiger partial charge in [-0.2, -0.15) is 0 Å². The van der Waals surface area contributed by atoms with E-state index in [1.165, 1.54) is 30.7 Å². The van der Waals surface area contributed by atoms with Crippen LogP contribution >= 0.6 is 12.1 Å². The van der Waals surface area contributed by atoms with Crippen LogP contribution in [0.15, 0.2) is 24.4 Å². The molecule has 1 aromatic heterocycles. The van der Waals surface area contributed by atoms with E-state index in [9.17, 15) is 0 Å². The maximum atomic E-state index is 5.53. The molecule has 1 aliphatic rings. The van der Waals surface area contributed by atoms with Crippen LogP contribution in [0, 0.1) is 11.3 Å². The molecule has 0 saturated carbocycles. The van der Waals surface area contributed by atoms with Crippen molar-refractivity contribution in [2.75, 3.05) is 38.8 Å². The number of ether oxygens (including phenoxy) is 2. The molecule has 0 spiro atoms. The first kappa shape index (κ1) is 20.0. The number of anilines is 1. The van der Waals surface area contributed by atoms with Crippen LogP contribution < -0.4 is 24.2 Å². The van der Waals surface area contributed by atoms with Crippen molar-refractivity contribution in [3.05, 3.63) is 24.4 Å². The zero-order valence-corrected chi connectivity index (χ0v) is 17.4. The van der Waals surface area contributed by atoms with Gasteiger partial charge in [-0.1, -0.05) is 13.8 Å². The predicted octanol–water partition coefficient (Wildman–Crippen LogP) is 3.61. The molecule has 2 aromatic rings. The maximum absolute atomic E-state index is 5.53. The summed E-state index contributed by atoms with van der Waals surface area (Å²) < 4.78 is 14.1. The second-order valence-corrected chi connectivity index (χ2v) is 8.27. The number of hydrogen-bond acceptors (Lipinski definition) is 7. The van der Waals surface area contributed by atoms with E-state index in [1.807, 2.05) is 18.3 Å². The third kappa shape index (κ3) is 4.25. The van der Waals surface area contributed by atoms with Crippen molar-refractivity contribution in [1.29, 1.82) is 0 Å². The molecular weight excluding hydrogens is 360 g/mol. The van der Waals surface area contributed by atoms with Gasteiger partial charge >= 0.3 is 0 Å². The van der Waals surface area contributed by atoms with Gasteiger partial charge in [-0.05, 0) is 36.3 Å². The molecule has 0 unspecified atom stereocenters. The summed E-state index contributed by atoms with van der Waals surface area (Å²) in [5.74, 6) is 2.12. The highest BCUT2D eigenvalue weighted by Crippen LogP contribution is 2.39. The Morgan fingerprint density at radius 1 is 1.22 bits per heavy atom. The predicted molar refractivity (Wildman–Crippen MR) is 113 cm³/mol. The number of pyridine rings is 1. The Hall–Kier alpha value is -1.70. The number of rotatable bonds is 7. The zero-order valence-electron chi connectivity index (χ0n) is 16.6. The molecule has 1 saturated heterocycles. The van der Waals surface area contributed by atoms with Gasteiger partial charge in [-0.3, -0.25) is 14.8 Å². The molecule has 27 heavy (non-hydrogen) atoms. The lowest BCUT2D eigenvalue weighted by Gasteiger charge is -2.41. The first-order valence-electron chi connectivity index (χ1n) is 9.34. The summed E-state index contributed by atoms with van der Waals surface area (Å²) in [5, 5.41) is 6.64. The van der Waals surface area contributed by atoms with Crippen molar-refractivity contribution in [2.24, 2.45) is 16.5 Å². The molecule has 0 atom stereocenters. The Balaban J connectivity index is 1.81. The van der Waals surface area contributed by atoms with Gasteiger partial charge in [0.2, 0.25) is 0 Å². The number of nitrogens with two attached hydrogens (primary N) is 1. The minimum atomic E-state index is 0.232.